The molecule has 2 atom stereocenters. The highest BCUT2D eigenvalue weighted by molar-refractivity contribution is 6.18. The van der Waals surface area contributed by atoms with E-state index in [2.05, 4.69) is 31.4 Å². The Hall–Kier alpha value is -0.440. The Kier molecular flexibility index (Phi) is 4.90. The Labute approximate surface area is 103 Å². The van der Waals surface area contributed by atoms with Crippen LogP contribution in [-0.4, -0.2) is 24.5 Å². The van der Waals surface area contributed by atoms with Gasteiger partial charge in [0.25, 0.3) is 0 Å². The maximum Gasteiger partial charge on any atom is 0.315 e. The SMILES string of the molecule is CC1CC(NC(=O)NCCCl)CC(C)(C)C1. The maximum atomic E-state index is 11.5. The number of rotatable bonds is 3. The van der Waals surface area contributed by atoms with Crippen molar-refractivity contribution in [3.63, 3.8) is 0 Å². The van der Waals surface area contributed by atoms with Gasteiger partial charge >= 0.3 is 6.03 Å². The zero-order chi connectivity index (χ0) is 12.2. The lowest BCUT2D eigenvalue weighted by Crippen LogP contribution is -2.47. The second-order valence-corrected chi connectivity index (χ2v) is 6.08. The third-order valence-corrected chi connectivity index (χ3v) is 3.29. The molecule has 2 N–H and O–H groups in total. The topological polar surface area (TPSA) is 41.1 Å². The van der Waals surface area contributed by atoms with E-state index in [9.17, 15) is 4.79 Å². The molecule has 1 aliphatic carbocycles. The van der Waals surface area contributed by atoms with E-state index in [1.807, 2.05) is 0 Å². The number of amides is 2. The van der Waals surface area contributed by atoms with Gasteiger partial charge in [-0.25, -0.2) is 4.79 Å². The lowest BCUT2D eigenvalue weighted by molar-refractivity contribution is 0.152. The zero-order valence-corrected chi connectivity index (χ0v) is 11.2. The molecule has 0 saturated heterocycles. The quantitative estimate of drug-likeness (QED) is 0.739. The van der Waals surface area contributed by atoms with E-state index in [1.54, 1.807) is 0 Å². The van der Waals surface area contributed by atoms with Gasteiger partial charge in [0.15, 0.2) is 0 Å². The van der Waals surface area contributed by atoms with Gasteiger partial charge in [0.1, 0.15) is 0 Å². The van der Waals surface area contributed by atoms with Gasteiger partial charge in [-0.3, -0.25) is 0 Å². The molecule has 94 valence electrons. The van der Waals surface area contributed by atoms with Crippen molar-refractivity contribution in [1.82, 2.24) is 10.6 Å². The molecule has 1 rings (SSSR count). The van der Waals surface area contributed by atoms with Crippen LogP contribution in [0, 0.1) is 11.3 Å². The van der Waals surface area contributed by atoms with E-state index in [0.717, 1.165) is 12.8 Å². The molecule has 0 aromatic heterocycles. The zero-order valence-electron chi connectivity index (χ0n) is 10.5. The van der Waals surface area contributed by atoms with Gasteiger partial charge in [0.2, 0.25) is 0 Å². The maximum absolute atomic E-state index is 11.5. The smallest absolute Gasteiger partial charge is 0.315 e. The number of carbonyl (C=O) groups is 1. The Morgan fingerprint density at radius 2 is 2.12 bits per heavy atom. The number of carbonyl (C=O) groups excluding carboxylic acids is 1. The molecule has 3 nitrogen and oxygen atoms in total. The summed E-state index contributed by atoms with van der Waals surface area (Å²) < 4.78 is 0. The Bertz CT molecular complexity index is 243. The summed E-state index contributed by atoms with van der Waals surface area (Å²) >= 11 is 5.51. The molecule has 2 amide bonds. The van der Waals surface area contributed by atoms with Crippen molar-refractivity contribution in [1.29, 1.82) is 0 Å². The van der Waals surface area contributed by atoms with E-state index >= 15 is 0 Å². The number of halogens is 1. The normalized spacial score (nSPS) is 28.5. The predicted molar refractivity (Wildman–Crippen MR) is 67.8 cm³/mol. The molecule has 1 aliphatic rings. The number of nitrogens with one attached hydrogen (secondary N) is 2. The largest absolute Gasteiger partial charge is 0.337 e. The molecule has 0 aromatic rings. The summed E-state index contributed by atoms with van der Waals surface area (Å²) in [4.78, 5) is 11.5. The first-order valence-electron chi connectivity index (χ1n) is 6.03. The molecule has 1 saturated carbocycles. The van der Waals surface area contributed by atoms with E-state index < -0.39 is 0 Å². The summed E-state index contributed by atoms with van der Waals surface area (Å²) in [6.07, 6.45) is 3.39. The molecule has 0 aromatic carbocycles. The van der Waals surface area contributed by atoms with Gasteiger partial charge in [0, 0.05) is 18.5 Å². The van der Waals surface area contributed by atoms with Crippen LogP contribution < -0.4 is 10.6 Å². The minimum atomic E-state index is -0.0875. The van der Waals surface area contributed by atoms with Gasteiger partial charge in [-0.15, -0.1) is 11.6 Å². The van der Waals surface area contributed by atoms with Gasteiger partial charge in [-0.05, 0) is 30.6 Å². The molecule has 0 spiro atoms. The minimum Gasteiger partial charge on any atom is -0.337 e. The average Bonchev–Trinajstić information content (AvgIpc) is 2.11. The van der Waals surface area contributed by atoms with Crippen LogP contribution in [0.15, 0.2) is 0 Å². The molecule has 0 heterocycles. The third kappa shape index (κ3) is 4.60. The van der Waals surface area contributed by atoms with Gasteiger partial charge in [-0.1, -0.05) is 20.8 Å². The lowest BCUT2D eigenvalue weighted by atomic mass is 9.71. The van der Waals surface area contributed by atoms with Crippen molar-refractivity contribution < 1.29 is 4.79 Å². The fourth-order valence-corrected chi connectivity index (χ4v) is 2.95. The van der Waals surface area contributed by atoms with Crippen LogP contribution in [0.1, 0.15) is 40.0 Å². The van der Waals surface area contributed by atoms with E-state index in [4.69, 9.17) is 11.6 Å². The summed E-state index contributed by atoms with van der Waals surface area (Å²) in [5.41, 5.74) is 0.335. The molecule has 0 aliphatic heterocycles. The number of hydrogen-bond donors (Lipinski definition) is 2. The first-order valence-corrected chi connectivity index (χ1v) is 6.57. The van der Waals surface area contributed by atoms with Crippen molar-refractivity contribution >= 4 is 17.6 Å². The fourth-order valence-electron chi connectivity index (χ4n) is 2.85. The van der Waals surface area contributed by atoms with Gasteiger partial charge < -0.3 is 10.6 Å². The van der Waals surface area contributed by atoms with Gasteiger partial charge in [0.05, 0.1) is 0 Å². The molecular formula is C12H23ClN2O. The summed E-state index contributed by atoms with van der Waals surface area (Å²) in [5.74, 6) is 1.14. The van der Waals surface area contributed by atoms with Crippen molar-refractivity contribution in [2.75, 3.05) is 12.4 Å². The number of alkyl halides is 1. The Morgan fingerprint density at radius 3 is 2.69 bits per heavy atom. The number of urea groups is 1. The number of hydrogen-bond acceptors (Lipinski definition) is 1. The van der Waals surface area contributed by atoms with Gasteiger partial charge in [-0.2, -0.15) is 0 Å². The van der Waals surface area contributed by atoms with Crippen molar-refractivity contribution in [2.45, 2.75) is 46.1 Å². The molecule has 0 radical (unpaired) electrons. The standard InChI is InChI=1S/C12H23ClN2O/c1-9-6-10(8-12(2,3)7-9)15-11(16)14-5-4-13/h9-10H,4-8H2,1-3H3,(H2,14,15,16). The Balaban J connectivity index is 2.39. The molecule has 16 heavy (non-hydrogen) atoms. The van der Waals surface area contributed by atoms with E-state index in [1.165, 1.54) is 6.42 Å². The summed E-state index contributed by atoms with van der Waals surface area (Å²) in [7, 11) is 0. The molecule has 4 heteroatoms. The Morgan fingerprint density at radius 1 is 1.44 bits per heavy atom. The first-order chi connectivity index (χ1) is 7.43. The van der Waals surface area contributed by atoms with Crippen LogP contribution in [0.4, 0.5) is 4.79 Å². The highest BCUT2D eigenvalue weighted by Crippen LogP contribution is 2.38. The second-order valence-electron chi connectivity index (χ2n) is 5.70. The monoisotopic (exact) mass is 246 g/mol. The predicted octanol–water partition coefficient (Wildman–Crippen LogP) is 2.74. The van der Waals surface area contributed by atoms with Crippen LogP contribution in [0.25, 0.3) is 0 Å². The summed E-state index contributed by atoms with van der Waals surface area (Å²) in [6.45, 7) is 7.33. The lowest BCUT2D eigenvalue weighted by Gasteiger charge is -2.39. The fraction of sp³-hybridized carbons (Fsp3) is 0.917. The molecule has 2 unspecified atom stereocenters. The highest BCUT2D eigenvalue weighted by atomic mass is 35.5. The molecular weight excluding hydrogens is 224 g/mol. The third-order valence-electron chi connectivity index (χ3n) is 3.10. The second kappa shape index (κ2) is 5.76. The van der Waals surface area contributed by atoms with Crippen LogP contribution in [0.5, 0.6) is 0 Å². The molecule has 0 bridgehead atoms. The molecule has 1 fully saturated rings. The average molecular weight is 247 g/mol. The van der Waals surface area contributed by atoms with Crippen LogP contribution in [0.2, 0.25) is 0 Å². The van der Waals surface area contributed by atoms with Crippen LogP contribution >= 0.6 is 11.6 Å². The van der Waals surface area contributed by atoms with Crippen molar-refractivity contribution in [3.05, 3.63) is 0 Å². The summed E-state index contributed by atoms with van der Waals surface area (Å²) in [5, 5.41) is 5.77. The van der Waals surface area contributed by atoms with Crippen LogP contribution in [-0.2, 0) is 0 Å². The van der Waals surface area contributed by atoms with Crippen molar-refractivity contribution in [2.24, 2.45) is 11.3 Å². The van der Waals surface area contributed by atoms with Crippen molar-refractivity contribution in [3.8, 4) is 0 Å². The summed E-state index contributed by atoms with van der Waals surface area (Å²) in [6, 6.07) is 0.213. The minimum absolute atomic E-state index is 0.0875. The highest BCUT2D eigenvalue weighted by Gasteiger charge is 2.32. The van der Waals surface area contributed by atoms with Crippen LogP contribution in [0.3, 0.4) is 0 Å². The van der Waals surface area contributed by atoms with E-state index in [-0.39, 0.29) is 6.03 Å². The first kappa shape index (κ1) is 13.6. The van der Waals surface area contributed by atoms with E-state index in [0.29, 0.717) is 29.8 Å².